The maximum atomic E-state index is 13.3. The summed E-state index contributed by atoms with van der Waals surface area (Å²) in [6.45, 7) is 0. The molecule has 3 rings (SSSR count). The molecule has 6 heteroatoms. The highest BCUT2D eigenvalue weighted by molar-refractivity contribution is 7.38. The average molecular weight is 326 g/mol. The van der Waals surface area contributed by atoms with E-state index in [-0.39, 0.29) is 23.0 Å². The smallest absolute Gasteiger partial charge is 0.207 e. The van der Waals surface area contributed by atoms with Crippen LogP contribution >= 0.6 is 22.9 Å². The molecule has 0 N–H and O–H groups in total. The summed E-state index contributed by atoms with van der Waals surface area (Å²) >= 11 is 0. The van der Waals surface area contributed by atoms with Crippen molar-refractivity contribution in [3.63, 3.8) is 0 Å². The molecule has 110 valence electrons. The predicted octanol–water partition coefficient (Wildman–Crippen LogP) is 6.28. The zero-order valence-corrected chi connectivity index (χ0v) is 12.2. The van der Waals surface area contributed by atoms with Crippen LogP contribution in [0.4, 0.5) is 17.6 Å². The topological polar surface area (TPSA) is 0 Å². The summed E-state index contributed by atoms with van der Waals surface area (Å²) in [5.74, 6) is -0.581. The molecule has 0 nitrogen and oxygen atoms in total. The van der Waals surface area contributed by atoms with Gasteiger partial charge < -0.3 is 0 Å². The molecule has 1 aliphatic rings. The molecule has 1 aromatic heterocycles. The summed E-state index contributed by atoms with van der Waals surface area (Å²) in [7, 11) is -1.94. The molecule has 1 saturated carbocycles. The highest BCUT2D eigenvalue weighted by atomic mass is 35.5. The van der Waals surface area contributed by atoms with Gasteiger partial charge in [0, 0.05) is 23.4 Å². The molecule has 1 heterocycles. The van der Waals surface area contributed by atoms with Crippen LogP contribution in [0, 0.1) is 5.82 Å². The van der Waals surface area contributed by atoms with E-state index in [9.17, 15) is 17.6 Å². The van der Waals surface area contributed by atoms with Crippen LogP contribution in [0.1, 0.15) is 36.5 Å². The average Bonchev–Trinajstić information content (AvgIpc) is 2.92. The molecule has 1 unspecified atom stereocenters. The van der Waals surface area contributed by atoms with Gasteiger partial charge in [0.2, 0.25) is 0 Å². The zero-order valence-electron chi connectivity index (χ0n) is 10.5. The second kappa shape index (κ2) is 5.53. The Bertz CT molecular complexity index is 611. The van der Waals surface area contributed by atoms with Gasteiger partial charge in [0.05, 0.1) is 10.5 Å². The van der Waals surface area contributed by atoms with Gasteiger partial charge in [-0.1, -0.05) is 12.8 Å². The molecule has 1 atom stereocenters. The lowest BCUT2D eigenvalue weighted by molar-refractivity contribution is -0.0868. The van der Waals surface area contributed by atoms with Gasteiger partial charge in [-0.05, 0) is 25.0 Å². The van der Waals surface area contributed by atoms with Crippen LogP contribution in [0.25, 0.3) is 10.1 Å². The summed E-state index contributed by atoms with van der Waals surface area (Å²) in [6, 6.07) is 5.37. The SMILES string of the molecule is Cl.Fc1ccc2cc(C3CCCC3)[s+](C(F)(F)F)c2c1. The fraction of sp³-hybridized carbons (Fsp3) is 0.429. The van der Waals surface area contributed by atoms with Gasteiger partial charge >= 0.3 is 5.51 Å². The number of rotatable bonds is 1. The van der Waals surface area contributed by atoms with E-state index in [4.69, 9.17) is 0 Å². The van der Waals surface area contributed by atoms with E-state index in [0.717, 1.165) is 31.7 Å². The third-order valence-corrected chi connectivity index (χ3v) is 5.90. The summed E-state index contributed by atoms with van der Waals surface area (Å²) in [4.78, 5) is 0.464. The first-order valence-corrected chi connectivity index (χ1v) is 7.51. The summed E-state index contributed by atoms with van der Waals surface area (Å²) in [5.41, 5.74) is -4.31. The second-order valence-corrected chi connectivity index (χ2v) is 6.95. The quantitative estimate of drug-likeness (QED) is 0.427. The second-order valence-electron chi connectivity index (χ2n) is 4.96. The monoisotopic (exact) mass is 325 g/mol. The Balaban J connectivity index is 0.00000147. The standard InChI is InChI=1S/C14H13F4S.ClH/c15-11-6-5-10-7-12(9-3-1-2-4-9)19(13(10)8-11)14(16,17)18;/h5-9H,1-4H2;1H/q+1;. The number of halogens is 5. The molecular formula is C14H14ClF4S+. The molecular weight excluding hydrogens is 312 g/mol. The van der Waals surface area contributed by atoms with Gasteiger partial charge in [-0.3, -0.25) is 0 Å². The predicted molar refractivity (Wildman–Crippen MR) is 76.1 cm³/mol. The third kappa shape index (κ3) is 2.66. The lowest BCUT2D eigenvalue weighted by atomic mass is 10.1. The van der Waals surface area contributed by atoms with Gasteiger partial charge in [-0.25, -0.2) is 4.39 Å². The fourth-order valence-corrected chi connectivity index (χ4v) is 5.07. The van der Waals surface area contributed by atoms with Crippen molar-refractivity contribution in [3.05, 3.63) is 35.0 Å². The van der Waals surface area contributed by atoms with Crippen molar-refractivity contribution in [2.75, 3.05) is 0 Å². The van der Waals surface area contributed by atoms with Crippen molar-refractivity contribution in [2.45, 2.75) is 37.1 Å². The molecule has 20 heavy (non-hydrogen) atoms. The molecule has 0 amide bonds. The van der Waals surface area contributed by atoms with Crippen molar-refractivity contribution in [3.8, 4) is 0 Å². The van der Waals surface area contributed by atoms with Gasteiger partial charge in [-0.15, -0.1) is 25.6 Å². The number of fused-ring (bicyclic) bond motifs is 1. The van der Waals surface area contributed by atoms with E-state index < -0.39 is 21.8 Å². The van der Waals surface area contributed by atoms with Gasteiger partial charge in [-0.2, -0.15) is 0 Å². The van der Waals surface area contributed by atoms with Crippen LogP contribution in [-0.2, 0) is 5.51 Å². The summed E-state index contributed by atoms with van der Waals surface area (Å²) < 4.78 is 53.3. The molecule has 0 spiro atoms. The molecule has 1 aromatic carbocycles. The minimum Gasteiger partial charge on any atom is -0.207 e. The number of hydrogen-bond acceptors (Lipinski definition) is 0. The Kier molecular flexibility index (Phi) is 4.30. The zero-order chi connectivity index (χ0) is 13.6. The fourth-order valence-electron chi connectivity index (χ4n) is 2.90. The molecule has 0 radical (unpaired) electrons. The molecule has 1 fully saturated rings. The first-order chi connectivity index (χ1) is 8.97. The molecule has 0 saturated heterocycles. The van der Waals surface area contributed by atoms with Crippen LogP contribution < -0.4 is 0 Å². The number of benzene rings is 1. The van der Waals surface area contributed by atoms with E-state index in [1.54, 1.807) is 6.07 Å². The molecule has 0 aliphatic heterocycles. The van der Waals surface area contributed by atoms with E-state index >= 15 is 0 Å². The lowest BCUT2D eigenvalue weighted by Gasteiger charge is -2.05. The van der Waals surface area contributed by atoms with Gasteiger partial charge in [0.25, 0.3) is 0 Å². The Hall–Kier alpha value is -0.810. The number of hydrogen-bond donors (Lipinski definition) is 0. The van der Waals surface area contributed by atoms with Crippen molar-refractivity contribution >= 4 is 33.0 Å². The van der Waals surface area contributed by atoms with Gasteiger partial charge in [0.15, 0.2) is 9.58 Å². The van der Waals surface area contributed by atoms with Gasteiger partial charge in [0.1, 0.15) is 5.82 Å². The normalized spacial score (nSPS) is 17.5. The van der Waals surface area contributed by atoms with Crippen molar-refractivity contribution < 1.29 is 17.6 Å². The first-order valence-electron chi connectivity index (χ1n) is 6.29. The Morgan fingerprint density at radius 1 is 1.05 bits per heavy atom. The van der Waals surface area contributed by atoms with Crippen molar-refractivity contribution in [1.29, 1.82) is 0 Å². The number of thiophene rings is 1. The Labute approximate surface area is 123 Å². The van der Waals surface area contributed by atoms with E-state index in [0.29, 0.717) is 10.3 Å². The molecule has 0 bridgehead atoms. The summed E-state index contributed by atoms with van der Waals surface area (Å²) in [6.07, 6.45) is 3.62. The largest absolute Gasteiger partial charge is 0.600 e. The third-order valence-electron chi connectivity index (χ3n) is 3.72. The van der Waals surface area contributed by atoms with Crippen LogP contribution in [-0.4, -0.2) is 0 Å². The Morgan fingerprint density at radius 3 is 2.30 bits per heavy atom. The lowest BCUT2D eigenvalue weighted by Crippen LogP contribution is -2.00. The first kappa shape index (κ1) is 15.6. The van der Waals surface area contributed by atoms with E-state index in [2.05, 4.69) is 0 Å². The highest BCUT2D eigenvalue weighted by Crippen LogP contribution is 2.55. The molecule has 2 aromatic rings. The highest BCUT2D eigenvalue weighted by Gasteiger charge is 2.49. The minimum absolute atomic E-state index is 0. The minimum atomic E-state index is -4.31. The Morgan fingerprint density at radius 2 is 1.70 bits per heavy atom. The maximum Gasteiger partial charge on any atom is 0.600 e. The van der Waals surface area contributed by atoms with Crippen LogP contribution in [0.15, 0.2) is 24.3 Å². The van der Waals surface area contributed by atoms with E-state index in [1.807, 2.05) is 0 Å². The van der Waals surface area contributed by atoms with E-state index in [1.165, 1.54) is 12.1 Å². The maximum absolute atomic E-state index is 13.3. The van der Waals surface area contributed by atoms with Crippen molar-refractivity contribution in [2.24, 2.45) is 0 Å². The molecule has 1 aliphatic carbocycles. The number of alkyl halides is 3. The van der Waals surface area contributed by atoms with Crippen LogP contribution in [0.3, 0.4) is 0 Å². The van der Waals surface area contributed by atoms with Crippen LogP contribution in [0.5, 0.6) is 0 Å². The van der Waals surface area contributed by atoms with Crippen molar-refractivity contribution in [1.82, 2.24) is 0 Å². The summed E-state index contributed by atoms with van der Waals surface area (Å²) in [5, 5.41) is 0.531. The van der Waals surface area contributed by atoms with Crippen LogP contribution in [0.2, 0.25) is 0 Å².